The number of hydrogen-bond donors (Lipinski definition) is 6. The molecule has 0 aromatic carbocycles. The van der Waals surface area contributed by atoms with E-state index in [0.29, 0.717) is 37.0 Å². The molecule has 0 fully saturated rings. The molecule has 0 aliphatic carbocycles. The molecule has 0 heterocycles. The molecule has 12 heteroatoms. The summed E-state index contributed by atoms with van der Waals surface area (Å²) in [6.45, 7) is 11.2. The van der Waals surface area contributed by atoms with Gasteiger partial charge in [-0.1, -0.05) is 41.5 Å². The van der Waals surface area contributed by atoms with Crippen molar-refractivity contribution in [2.24, 2.45) is 0 Å². The zero-order valence-electron chi connectivity index (χ0n) is 22.4. The fraction of sp³-hybridized carbons (Fsp3) is 1.00. The normalized spacial score (nSPS) is 12.4. The SMILES string of the molecule is CCCP(=O)(O)CCC.CCCP(=O)(O)CCC.CCCP(=O)(O)CCC.OCCC(O)CO. The van der Waals surface area contributed by atoms with Crippen LogP contribution in [0.2, 0.25) is 0 Å². The molecule has 0 saturated carbocycles. The van der Waals surface area contributed by atoms with Crippen molar-refractivity contribution in [2.45, 2.75) is 92.6 Å². The molecule has 0 spiro atoms. The summed E-state index contributed by atoms with van der Waals surface area (Å²) in [5, 5.41) is 24.6. The smallest absolute Gasteiger partial charge is 0.200 e. The molecule has 212 valence electrons. The van der Waals surface area contributed by atoms with Crippen molar-refractivity contribution >= 4 is 22.1 Å². The van der Waals surface area contributed by atoms with E-state index in [0.717, 1.165) is 38.5 Å². The highest BCUT2D eigenvalue weighted by Crippen LogP contribution is 2.42. The molecule has 0 aromatic heterocycles. The summed E-state index contributed by atoms with van der Waals surface area (Å²) in [5.41, 5.74) is 0. The van der Waals surface area contributed by atoms with Crippen LogP contribution in [0.5, 0.6) is 0 Å². The van der Waals surface area contributed by atoms with Gasteiger partial charge in [0.05, 0.1) is 12.7 Å². The van der Waals surface area contributed by atoms with Gasteiger partial charge in [0.1, 0.15) is 0 Å². The Bertz CT molecular complexity index is 463. The highest BCUT2D eigenvalue weighted by molar-refractivity contribution is 7.58. The molecule has 1 atom stereocenters. The van der Waals surface area contributed by atoms with E-state index < -0.39 is 28.2 Å². The molecule has 0 aromatic rings. The third kappa shape index (κ3) is 37.0. The van der Waals surface area contributed by atoms with Gasteiger partial charge in [0, 0.05) is 43.6 Å². The summed E-state index contributed by atoms with van der Waals surface area (Å²) in [5.74, 6) is 0. The van der Waals surface area contributed by atoms with Crippen molar-refractivity contribution in [2.75, 3.05) is 50.2 Å². The molecule has 9 nitrogen and oxygen atoms in total. The van der Waals surface area contributed by atoms with Crippen LogP contribution in [0.4, 0.5) is 0 Å². The molecule has 0 amide bonds. The van der Waals surface area contributed by atoms with Gasteiger partial charge in [-0.15, -0.1) is 0 Å². The lowest BCUT2D eigenvalue weighted by Gasteiger charge is -2.06. The molecule has 0 saturated heterocycles. The maximum Gasteiger partial charge on any atom is 0.200 e. The Kier molecular flexibility index (Phi) is 32.4. The summed E-state index contributed by atoms with van der Waals surface area (Å²) >= 11 is 0. The van der Waals surface area contributed by atoms with Gasteiger partial charge >= 0.3 is 0 Å². The molecule has 34 heavy (non-hydrogen) atoms. The van der Waals surface area contributed by atoms with Crippen LogP contribution in [0.25, 0.3) is 0 Å². The maximum absolute atomic E-state index is 11.0. The fourth-order valence-corrected chi connectivity index (χ4v) is 7.54. The minimum atomic E-state index is -2.69. The molecule has 1 unspecified atom stereocenters. The molecule has 0 aliphatic heterocycles. The summed E-state index contributed by atoms with van der Waals surface area (Å²) in [6.07, 6.45) is 7.32. The van der Waals surface area contributed by atoms with E-state index in [1.165, 1.54) is 0 Å². The van der Waals surface area contributed by atoms with E-state index >= 15 is 0 Å². The number of aliphatic hydroxyl groups excluding tert-OH is 3. The van der Waals surface area contributed by atoms with Crippen molar-refractivity contribution in [3.8, 4) is 0 Å². The third-order valence-corrected chi connectivity index (χ3v) is 11.0. The van der Waals surface area contributed by atoms with Gasteiger partial charge in [-0.25, -0.2) is 0 Å². The summed E-state index contributed by atoms with van der Waals surface area (Å²) in [6, 6.07) is 0. The quantitative estimate of drug-likeness (QED) is 0.153. The second kappa shape index (κ2) is 26.5. The Morgan fingerprint density at radius 3 is 0.824 bits per heavy atom. The second-order valence-corrected chi connectivity index (χ2v) is 16.0. The van der Waals surface area contributed by atoms with Gasteiger partial charge in [0.15, 0.2) is 0 Å². The van der Waals surface area contributed by atoms with Crippen LogP contribution in [0.3, 0.4) is 0 Å². The standard InChI is InChI=1S/3C6H15O2P.C4H10O3/c3*1-3-5-9(7,8)6-4-2;5-2-1-4(7)3-6/h3*3-6H2,1-2H3,(H,7,8);4-7H,1-3H2. The number of aliphatic hydroxyl groups is 3. The Morgan fingerprint density at radius 2 is 0.735 bits per heavy atom. The van der Waals surface area contributed by atoms with Crippen molar-refractivity contribution in [3.05, 3.63) is 0 Å². The van der Waals surface area contributed by atoms with Crippen LogP contribution in [0, 0.1) is 0 Å². The predicted molar refractivity (Wildman–Crippen MR) is 145 cm³/mol. The highest BCUT2D eigenvalue weighted by atomic mass is 31.2. The molecule has 6 N–H and O–H groups in total. The molecule has 0 aliphatic rings. The first-order valence-corrected chi connectivity index (χ1v) is 18.6. The Labute approximate surface area is 208 Å². The Hall–Kier alpha value is 0.450. The van der Waals surface area contributed by atoms with Crippen LogP contribution in [0.1, 0.15) is 86.5 Å². The van der Waals surface area contributed by atoms with Gasteiger partial charge < -0.3 is 30.0 Å². The lowest BCUT2D eigenvalue weighted by molar-refractivity contribution is 0.0721. The average molecular weight is 557 g/mol. The van der Waals surface area contributed by atoms with Crippen molar-refractivity contribution < 1.29 is 43.7 Å². The van der Waals surface area contributed by atoms with Crippen LogP contribution < -0.4 is 0 Å². The summed E-state index contributed by atoms with van der Waals surface area (Å²) in [7, 11) is -8.08. The Balaban J connectivity index is -0.000000177. The van der Waals surface area contributed by atoms with E-state index in [2.05, 4.69) is 0 Å². The summed E-state index contributed by atoms with van der Waals surface area (Å²) < 4.78 is 32.9. The van der Waals surface area contributed by atoms with Crippen molar-refractivity contribution in [3.63, 3.8) is 0 Å². The minimum absolute atomic E-state index is 0.0677. The first kappa shape index (κ1) is 41.6. The zero-order valence-corrected chi connectivity index (χ0v) is 25.1. The molecule has 0 radical (unpaired) electrons. The van der Waals surface area contributed by atoms with Gasteiger partial charge in [-0.05, 0) is 44.9 Å². The lowest BCUT2D eigenvalue weighted by atomic mass is 10.3. The average Bonchev–Trinajstić information content (AvgIpc) is 2.69. The van der Waals surface area contributed by atoms with E-state index in [1.807, 2.05) is 41.5 Å². The van der Waals surface area contributed by atoms with Gasteiger partial charge in [0.2, 0.25) is 22.1 Å². The van der Waals surface area contributed by atoms with Gasteiger partial charge in [-0.3, -0.25) is 13.7 Å². The lowest BCUT2D eigenvalue weighted by Crippen LogP contribution is -2.12. The van der Waals surface area contributed by atoms with Gasteiger partial charge in [0.25, 0.3) is 0 Å². The summed E-state index contributed by atoms with van der Waals surface area (Å²) in [4.78, 5) is 27.2. The van der Waals surface area contributed by atoms with Crippen LogP contribution in [0.15, 0.2) is 0 Å². The van der Waals surface area contributed by atoms with Crippen molar-refractivity contribution in [1.82, 2.24) is 0 Å². The van der Waals surface area contributed by atoms with E-state index in [1.54, 1.807) is 0 Å². The zero-order chi connectivity index (χ0) is 27.7. The molecule has 0 rings (SSSR count). The van der Waals surface area contributed by atoms with Crippen molar-refractivity contribution in [1.29, 1.82) is 0 Å². The van der Waals surface area contributed by atoms with E-state index in [9.17, 15) is 13.7 Å². The van der Waals surface area contributed by atoms with Crippen LogP contribution in [-0.4, -0.2) is 86.3 Å². The number of rotatable bonds is 15. The maximum atomic E-state index is 11.0. The fourth-order valence-electron chi connectivity index (χ4n) is 2.67. The topological polar surface area (TPSA) is 173 Å². The van der Waals surface area contributed by atoms with E-state index in [4.69, 9.17) is 30.0 Å². The monoisotopic (exact) mass is 556 g/mol. The molecule has 0 bridgehead atoms. The van der Waals surface area contributed by atoms with Gasteiger partial charge in [-0.2, -0.15) is 0 Å². The first-order valence-electron chi connectivity index (χ1n) is 12.5. The Morgan fingerprint density at radius 1 is 0.529 bits per heavy atom. The molecular formula is C22H55O9P3. The third-order valence-electron chi connectivity index (χ3n) is 4.11. The first-order chi connectivity index (χ1) is 15.7. The van der Waals surface area contributed by atoms with Crippen LogP contribution >= 0.6 is 22.1 Å². The number of hydrogen-bond acceptors (Lipinski definition) is 6. The van der Waals surface area contributed by atoms with Crippen LogP contribution in [-0.2, 0) is 13.7 Å². The second-order valence-electron chi connectivity index (χ2n) is 8.23. The highest BCUT2D eigenvalue weighted by Gasteiger charge is 2.15. The predicted octanol–water partition coefficient (Wildman–Crippen LogP) is 4.95. The van der Waals surface area contributed by atoms with E-state index in [-0.39, 0.29) is 19.6 Å². The minimum Gasteiger partial charge on any atom is -0.396 e. The largest absolute Gasteiger partial charge is 0.396 e. The molecular weight excluding hydrogens is 501 g/mol.